The number of nitrogens with one attached hydrogen (secondary N) is 1. The number of aromatic nitrogens is 1. The van der Waals surface area contributed by atoms with E-state index in [0.717, 1.165) is 4.90 Å². The van der Waals surface area contributed by atoms with Gasteiger partial charge in [0.25, 0.3) is 5.91 Å². The molecule has 8 heteroatoms. The SMILES string of the molecule is COC(=O)Cc1csc(NC2CCC(=O)N(C)C2=O)n1. The molecule has 1 aromatic heterocycles. The van der Waals surface area contributed by atoms with Gasteiger partial charge in [-0.15, -0.1) is 11.3 Å². The molecule has 0 aliphatic carbocycles. The number of piperidine rings is 1. The van der Waals surface area contributed by atoms with Crippen molar-refractivity contribution in [3.05, 3.63) is 11.1 Å². The second-order valence-electron chi connectivity index (χ2n) is 4.42. The molecule has 0 spiro atoms. The fourth-order valence-electron chi connectivity index (χ4n) is 1.87. The number of ether oxygens (including phenoxy) is 1. The highest BCUT2D eigenvalue weighted by Gasteiger charge is 2.32. The molecule has 20 heavy (non-hydrogen) atoms. The molecular weight excluding hydrogens is 282 g/mol. The normalized spacial score (nSPS) is 19.1. The summed E-state index contributed by atoms with van der Waals surface area (Å²) in [6.07, 6.45) is 0.889. The van der Waals surface area contributed by atoms with Gasteiger partial charge in [0, 0.05) is 18.8 Å². The highest BCUT2D eigenvalue weighted by molar-refractivity contribution is 7.13. The number of methoxy groups -OCH3 is 1. The van der Waals surface area contributed by atoms with Gasteiger partial charge in [-0.1, -0.05) is 0 Å². The number of hydrogen-bond acceptors (Lipinski definition) is 7. The Morgan fingerprint density at radius 1 is 1.60 bits per heavy atom. The van der Waals surface area contributed by atoms with Crippen molar-refractivity contribution in [3.63, 3.8) is 0 Å². The first-order valence-corrected chi connectivity index (χ1v) is 6.97. The summed E-state index contributed by atoms with van der Waals surface area (Å²) in [7, 11) is 2.80. The van der Waals surface area contributed by atoms with Gasteiger partial charge in [0.15, 0.2) is 5.13 Å². The summed E-state index contributed by atoms with van der Waals surface area (Å²) in [6.45, 7) is 0. The van der Waals surface area contributed by atoms with Gasteiger partial charge in [0.1, 0.15) is 6.04 Å². The van der Waals surface area contributed by atoms with E-state index in [0.29, 0.717) is 23.7 Å². The first kappa shape index (κ1) is 14.4. The lowest BCUT2D eigenvalue weighted by atomic mass is 10.1. The van der Waals surface area contributed by atoms with Crippen LogP contribution in [0.15, 0.2) is 5.38 Å². The van der Waals surface area contributed by atoms with Crippen LogP contribution in [0.4, 0.5) is 5.13 Å². The van der Waals surface area contributed by atoms with Crippen LogP contribution in [0.1, 0.15) is 18.5 Å². The van der Waals surface area contributed by atoms with Crippen LogP contribution < -0.4 is 5.32 Å². The maximum absolute atomic E-state index is 11.9. The first-order chi connectivity index (χ1) is 9.51. The van der Waals surface area contributed by atoms with E-state index in [-0.39, 0.29) is 24.2 Å². The van der Waals surface area contributed by atoms with E-state index in [1.807, 2.05) is 0 Å². The van der Waals surface area contributed by atoms with Crippen LogP contribution in [0.25, 0.3) is 0 Å². The Morgan fingerprint density at radius 3 is 3.05 bits per heavy atom. The smallest absolute Gasteiger partial charge is 0.311 e. The van der Waals surface area contributed by atoms with Crippen LogP contribution in [0.5, 0.6) is 0 Å². The van der Waals surface area contributed by atoms with Crippen LogP contribution >= 0.6 is 11.3 Å². The number of hydrogen-bond donors (Lipinski definition) is 1. The number of esters is 1. The number of rotatable bonds is 4. The van der Waals surface area contributed by atoms with E-state index in [1.165, 1.54) is 25.5 Å². The fourth-order valence-corrected chi connectivity index (χ4v) is 2.64. The second-order valence-corrected chi connectivity index (χ2v) is 5.28. The molecule has 7 nitrogen and oxygen atoms in total. The van der Waals surface area contributed by atoms with Crippen molar-refractivity contribution in [2.24, 2.45) is 0 Å². The molecule has 2 heterocycles. The first-order valence-electron chi connectivity index (χ1n) is 6.09. The number of anilines is 1. The second kappa shape index (κ2) is 6.00. The van der Waals surface area contributed by atoms with Crippen molar-refractivity contribution < 1.29 is 19.1 Å². The quantitative estimate of drug-likeness (QED) is 0.640. The number of imide groups is 1. The molecule has 1 fully saturated rings. The lowest BCUT2D eigenvalue weighted by Crippen LogP contribution is -2.48. The van der Waals surface area contributed by atoms with E-state index in [1.54, 1.807) is 5.38 Å². The monoisotopic (exact) mass is 297 g/mol. The average molecular weight is 297 g/mol. The summed E-state index contributed by atoms with van der Waals surface area (Å²) in [4.78, 5) is 39.8. The lowest BCUT2D eigenvalue weighted by molar-refractivity contribution is -0.147. The third-order valence-electron chi connectivity index (χ3n) is 3.05. The molecule has 0 saturated carbocycles. The largest absolute Gasteiger partial charge is 0.469 e. The van der Waals surface area contributed by atoms with E-state index in [4.69, 9.17) is 0 Å². The van der Waals surface area contributed by atoms with Gasteiger partial charge in [-0.05, 0) is 6.42 Å². The van der Waals surface area contributed by atoms with Crippen LogP contribution in [0.2, 0.25) is 0 Å². The Balaban J connectivity index is 1.98. The van der Waals surface area contributed by atoms with Crippen LogP contribution in [0.3, 0.4) is 0 Å². The van der Waals surface area contributed by atoms with E-state index < -0.39 is 6.04 Å². The van der Waals surface area contributed by atoms with Crippen molar-refractivity contribution in [2.45, 2.75) is 25.3 Å². The zero-order valence-electron chi connectivity index (χ0n) is 11.2. The molecule has 108 valence electrons. The molecule has 0 radical (unpaired) electrons. The Morgan fingerprint density at radius 2 is 2.35 bits per heavy atom. The van der Waals surface area contributed by atoms with Gasteiger partial charge in [0.05, 0.1) is 19.2 Å². The molecule has 1 unspecified atom stereocenters. The van der Waals surface area contributed by atoms with E-state index in [9.17, 15) is 14.4 Å². The van der Waals surface area contributed by atoms with Crippen LogP contribution in [-0.2, 0) is 25.5 Å². The van der Waals surface area contributed by atoms with Gasteiger partial charge in [0.2, 0.25) is 5.91 Å². The zero-order chi connectivity index (χ0) is 14.7. The van der Waals surface area contributed by atoms with E-state index >= 15 is 0 Å². The van der Waals surface area contributed by atoms with Crippen LogP contribution in [0, 0.1) is 0 Å². The fraction of sp³-hybridized carbons (Fsp3) is 0.500. The summed E-state index contributed by atoms with van der Waals surface area (Å²) in [5, 5.41) is 5.30. The van der Waals surface area contributed by atoms with E-state index in [2.05, 4.69) is 15.0 Å². The van der Waals surface area contributed by atoms with Gasteiger partial charge >= 0.3 is 5.97 Å². The summed E-state index contributed by atoms with van der Waals surface area (Å²) >= 11 is 1.31. The standard InChI is InChI=1S/C12H15N3O4S/c1-15-9(16)4-3-8(11(15)18)14-12-13-7(6-20-12)5-10(17)19-2/h6,8H,3-5H2,1-2H3,(H,13,14). The van der Waals surface area contributed by atoms with Gasteiger partial charge < -0.3 is 10.1 Å². The molecule has 1 N–H and O–H groups in total. The molecule has 0 bridgehead atoms. The molecule has 1 atom stereocenters. The number of thiazole rings is 1. The number of nitrogens with zero attached hydrogens (tertiary/aromatic N) is 2. The van der Waals surface area contributed by atoms with Crippen molar-refractivity contribution in [2.75, 3.05) is 19.5 Å². The molecule has 2 amide bonds. The maximum Gasteiger partial charge on any atom is 0.311 e. The minimum Gasteiger partial charge on any atom is -0.469 e. The Hall–Kier alpha value is -1.96. The lowest BCUT2D eigenvalue weighted by Gasteiger charge is -2.27. The highest BCUT2D eigenvalue weighted by atomic mass is 32.1. The minimum atomic E-state index is -0.449. The average Bonchev–Trinajstić information content (AvgIpc) is 2.86. The number of likely N-dealkylation sites (tertiary alicyclic amines) is 1. The zero-order valence-corrected chi connectivity index (χ0v) is 12.0. The molecule has 1 aliphatic rings. The van der Waals surface area contributed by atoms with Crippen LogP contribution in [-0.4, -0.2) is 47.9 Å². The predicted molar refractivity (Wildman–Crippen MR) is 72.3 cm³/mol. The minimum absolute atomic E-state index is 0.103. The molecule has 0 aromatic carbocycles. The summed E-state index contributed by atoms with van der Waals surface area (Å²) in [6, 6.07) is -0.449. The van der Waals surface area contributed by atoms with Crippen molar-refractivity contribution in [1.29, 1.82) is 0 Å². The summed E-state index contributed by atoms with van der Waals surface area (Å²) in [5.74, 6) is -0.787. The molecule has 2 rings (SSSR count). The summed E-state index contributed by atoms with van der Waals surface area (Å²) in [5.41, 5.74) is 0.594. The number of carbonyl (C=O) groups excluding carboxylic acids is 3. The number of amides is 2. The highest BCUT2D eigenvalue weighted by Crippen LogP contribution is 2.21. The number of likely N-dealkylation sites (N-methyl/N-ethyl adjacent to an activating group) is 1. The Bertz CT molecular complexity index is 543. The molecular formula is C12H15N3O4S. The maximum atomic E-state index is 11.9. The van der Waals surface area contributed by atoms with Gasteiger partial charge in [-0.3, -0.25) is 19.3 Å². The van der Waals surface area contributed by atoms with Gasteiger partial charge in [-0.25, -0.2) is 4.98 Å². The topological polar surface area (TPSA) is 88.6 Å². The Labute approximate surface area is 119 Å². The van der Waals surface area contributed by atoms with Crippen molar-refractivity contribution in [3.8, 4) is 0 Å². The predicted octanol–water partition coefficient (Wildman–Crippen LogP) is 0.418. The summed E-state index contributed by atoms with van der Waals surface area (Å²) < 4.78 is 4.56. The number of carbonyl (C=O) groups is 3. The van der Waals surface area contributed by atoms with Crippen molar-refractivity contribution in [1.82, 2.24) is 9.88 Å². The third-order valence-corrected chi connectivity index (χ3v) is 3.87. The van der Waals surface area contributed by atoms with Gasteiger partial charge in [-0.2, -0.15) is 0 Å². The molecule has 1 saturated heterocycles. The molecule has 1 aliphatic heterocycles. The van der Waals surface area contributed by atoms with Crippen molar-refractivity contribution >= 4 is 34.3 Å². The molecule has 1 aromatic rings. The third kappa shape index (κ3) is 3.13. The Kier molecular flexibility index (Phi) is 4.33.